The first kappa shape index (κ1) is 11.6. The van der Waals surface area contributed by atoms with Gasteiger partial charge in [0.15, 0.2) is 0 Å². The van der Waals surface area contributed by atoms with Crippen LogP contribution in [0.2, 0.25) is 0 Å². The summed E-state index contributed by atoms with van der Waals surface area (Å²) in [5.74, 6) is -0.0194. The fourth-order valence-corrected chi connectivity index (χ4v) is 1.18. The summed E-state index contributed by atoms with van der Waals surface area (Å²) in [4.78, 5) is 0. The fraction of sp³-hybridized carbons (Fsp3) is 0.714. The molecule has 0 amide bonds. The molecule has 0 aliphatic rings. The highest BCUT2D eigenvalue weighted by molar-refractivity contribution is 7.89. The van der Waals surface area contributed by atoms with Gasteiger partial charge in [-0.15, -0.1) is 6.58 Å². The minimum Gasteiger partial charge on any atom is -0.313 e. The third-order valence-corrected chi connectivity index (χ3v) is 2.17. The van der Waals surface area contributed by atoms with E-state index in [4.69, 9.17) is 5.14 Å². The van der Waals surface area contributed by atoms with Crippen LogP contribution in [-0.2, 0) is 10.0 Å². The molecule has 0 aromatic rings. The van der Waals surface area contributed by atoms with E-state index in [0.29, 0.717) is 6.54 Å². The van der Waals surface area contributed by atoms with Gasteiger partial charge < -0.3 is 5.32 Å². The molecule has 72 valence electrons. The Balaban J connectivity index is 3.50. The predicted molar refractivity (Wildman–Crippen MR) is 50.3 cm³/mol. The minimum absolute atomic E-state index is 0.0194. The van der Waals surface area contributed by atoms with Gasteiger partial charge in [0.05, 0.1) is 5.75 Å². The zero-order valence-electron chi connectivity index (χ0n) is 7.29. The summed E-state index contributed by atoms with van der Waals surface area (Å²) in [5.41, 5.74) is 0. The van der Waals surface area contributed by atoms with E-state index in [-0.39, 0.29) is 11.8 Å². The highest BCUT2D eigenvalue weighted by Crippen LogP contribution is 1.89. The Morgan fingerprint density at radius 2 is 2.25 bits per heavy atom. The molecule has 0 saturated carbocycles. The molecule has 4 nitrogen and oxygen atoms in total. The van der Waals surface area contributed by atoms with Crippen LogP contribution in [0.15, 0.2) is 12.7 Å². The monoisotopic (exact) mass is 192 g/mol. The number of nitrogens with one attached hydrogen (secondary N) is 1. The van der Waals surface area contributed by atoms with Gasteiger partial charge in [-0.25, -0.2) is 13.6 Å². The average molecular weight is 192 g/mol. The maximum Gasteiger partial charge on any atom is 0.210 e. The van der Waals surface area contributed by atoms with E-state index in [1.807, 2.05) is 6.92 Å². The van der Waals surface area contributed by atoms with Gasteiger partial charge in [-0.2, -0.15) is 0 Å². The van der Waals surface area contributed by atoms with Crippen LogP contribution in [0.25, 0.3) is 0 Å². The Kier molecular flexibility index (Phi) is 5.12. The summed E-state index contributed by atoms with van der Waals surface area (Å²) in [5, 5.41) is 7.82. The SMILES string of the molecule is C=CCC(C)NCCS(N)(=O)=O. The Bertz CT molecular complexity index is 224. The van der Waals surface area contributed by atoms with Crippen molar-refractivity contribution in [2.24, 2.45) is 5.14 Å². The molecule has 0 radical (unpaired) electrons. The Hall–Kier alpha value is -0.390. The van der Waals surface area contributed by atoms with Crippen LogP contribution < -0.4 is 10.5 Å². The van der Waals surface area contributed by atoms with Gasteiger partial charge in [-0.3, -0.25) is 0 Å². The molecule has 12 heavy (non-hydrogen) atoms. The molecule has 1 atom stereocenters. The van der Waals surface area contributed by atoms with Crippen molar-refractivity contribution in [3.05, 3.63) is 12.7 Å². The molecule has 1 unspecified atom stereocenters. The molecule has 0 aliphatic heterocycles. The van der Waals surface area contributed by atoms with Crippen molar-refractivity contribution >= 4 is 10.0 Å². The van der Waals surface area contributed by atoms with Crippen molar-refractivity contribution in [1.82, 2.24) is 5.32 Å². The van der Waals surface area contributed by atoms with E-state index in [1.165, 1.54) is 0 Å². The lowest BCUT2D eigenvalue weighted by Crippen LogP contribution is -2.32. The standard InChI is InChI=1S/C7H16N2O2S/c1-3-4-7(2)9-5-6-12(8,10)11/h3,7,9H,1,4-6H2,2H3,(H2,8,10,11). The predicted octanol–water partition coefficient (Wildman–Crippen LogP) is -0.171. The van der Waals surface area contributed by atoms with Crippen molar-refractivity contribution in [3.8, 4) is 0 Å². The van der Waals surface area contributed by atoms with Crippen LogP contribution in [0, 0.1) is 0 Å². The zero-order valence-corrected chi connectivity index (χ0v) is 8.10. The first-order valence-electron chi connectivity index (χ1n) is 3.80. The van der Waals surface area contributed by atoms with Crippen LogP contribution in [-0.4, -0.2) is 26.8 Å². The van der Waals surface area contributed by atoms with Gasteiger partial charge in [0.25, 0.3) is 0 Å². The zero-order chi connectivity index (χ0) is 9.61. The third kappa shape index (κ3) is 7.71. The lowest BCUT2D eigenvalue weighted by Gasteiger charge is -2.09. The van der Waals surface area contributed by atoms with E-state index in [2.05, 4.69) is 11.9 Å². The molecule has 3 N–H and O–H groups in total. The van der Waals surface area contributed by atoms with Crippen LogP contribution >= 0.6 is 0 Å². The van der Waals surface area contributed by atoms with Gasteiger partial charge in [0.2, 0.25) is 10.0 Å². The summed E-state index contributed by atoms with van der Waals surface area (Å²) in [7, 11) is -3.32. The maximum absolute atomic E-state index is 10.5. The summed E-state index contributed by atoms with van der Waals surface area (Å²) < 4.78 is 21.0. The first-order valence-corrected chi connectivity index (χ1v) is 5.52. The molecule has 0 aromatic carbocycles. The third-order valence-electron chi connectivity index (χ3n) is 1.40. The van der Waals surface area contributed by atoms with Gasteiger partial charge in [0.1, 0.15) is 0 Å². The number of hydrogen-bond acceptors (Lipinski definition) is 3. The molecule has 0 fully saturated rings. The highest BCUT2D eigenvalue weighted by atomic mass is 32.2. The van der Waals surface area contributed by atoms with Gasteiger partial charge in [-0.1, -0.05) is 6.08 Å². The van der Waals surface area contributed by atoms with Crippen LogP contribution in [0.1, 0.15) is 13.3 Å². The minimum atomic E-state index is -3.32. The van der Waals surface area contributed by atoms with E-state index >= 15 is 0 Å². The number of primary sulfonamides is 1. The summed E-state index contributed by atoms with van der Waals surface area (Å²) in [6, 6.07) is 0.254. The fourth-order valence-electron chi connectivity index (χ4n) is 0.781. The largest absolute Gasteiger partial charge is 0.313 e. The van der Waals surface area contributed by atoms with Crippen molar-refractivity contribution in [2.75, 3.05) is 12.3 Å². The van der Waals surface area contributed by atoms with E-state index < -0.39 is 10.0 Å². The van der Waals surface area contributed by atoms with Gasteiger partial charge >= 0.3 is 0 Å². The van der Waals surface area contributed by atoms with Gasteiger partial charge in [0, 0.05) is 12.6 Å². The first-order chi connectivity index (χ1) is 5.45. The second kappa shape index (κ2) is 5.29. The molecule has 0 aromatic heterocycles. The smallest absolute Gasteiger partial charge is 0.210 e. The molecule has 0 rings (SSSR count). The van der Waals surface area contributed by atoms with Gasteiger partial charge in [-0.05, 0) is 13.3 Å². The van der Waals surface area contributed by atoms with Crippen molar-refractivity contribution in [1.29, 1.82) is 0 Å². The quantitative estimate of drug-likeness (QED) is 0.574. The Labute approximate surface area is 73.9 Å². The second-order valence-electron chi connectivity index (χ2n) is 2.75. The van der Waals surface area contributed by atoms with E-state index in [1.54, 1.807) is 6.08 Å². The summed E-state index contributed by atoms with van der Waals surface area (Å²) >= 11 is 0. The van der Waals surface area contributed by atoms with Crippen molar-refractivity contribution in [3.63, 3.8) is 0 Å². The van der Waals surface area contributed by atoms with Crippen molar-refractivity contribution in [2.45, 2.75) is 19.4 Å². The average Bonchev–Trinajstić information content (AvgIpc) is 1.84. The van der Waals surface area contributed by atoms with E-state index in [0.717, 1.165) is 6.42 Å². The maximum atomic E-state index is 10.5. The Morgan fingerprint density at radius 3 is 2.67 bits per heavy atom. The molecule has 0 spiro atoms. The second-order valence-corrected chi connectivity index (χ2v) is 4.48. The highest BCUT2D eigenvalue weighted by Gasteiger charge is 2.03. The topological polar surface area (TPSA) is 72.2 Å². The molecular formula is C7H16N2O2S. The molecule has 0 aliphatic carbocycles. The molecule has 0 bridgehead atoms. The normalized spacial score (nSPS) is 14.2. The van der Waals surface area contributed by atoms with Crippen LogP contribution in [0.4, 0.5) is 0 Å². The number of hydrogen-bond donors (Lipinski definition) is 2. The number of nitrogens with two attached hydrogens (primary N) is 1. The van der Waals surface area contributed by atoms with Crippen LogP contribution in [0.3, 0.4) is 0 Å². The molecule has 5 heteroatoms. The van der Waals surface area contributed by atoms with Crippen LogP contribution in [0.5, 0.6) is 0 Å². The Morgan fingerprint density at radius 1 is 1.67 bits per heavy atom. The molecular weight excluding hydrogens is 176 g/mol. The number of sulfonamides is 1. The van der Waals surface area contributed by atoms with E-state index in [9.17, 15) is 8.42 Å². The number of rotatable bonds is 6. The van der Waals surface area contributed by atoms with Crippen molar-refractivity contribution < 1.29 is 8.42 Å². The summed E-state index contributed by atoms with van der Waals surface area (Å²) in [6.45, 7) is 5.93. The summed E-state index contributed by atoms with van der Waals surface area (Å²) in [6.07, 6.45) is 2.61. The lowest BCUT2D eigenvalue weighted by atomic mass is 10.2. The lowest BCUT2D eigenvalue weighted by molar-refractivity contribution is 0.561. The molecule has 0 heterocycles. The molecule has 0 saturated heterocycles.